The van der Waals surface area contributed by atoms with Gasteiger partial charge in [0.25, 0.3) is 0 Å². The fourth-order valence-electron chi connectivity index (χ4n) is 1.86. The Bertz CT molecular complexity index is 539. The van der Waals surface area contributed by atoms with Gasteiger partial charge in [0.1, 0.15) is 0 Å². The topological polar surface area (TPSA) is 53.1 Å². The first kappa shape index (κ1) is 12.6. The normalized spacial score (nSPS) is 12.4. The minimum Gasteiger partial charge on any atom is -0.494 e. The van der Waals surface area contributed by atoms with Gasteiger partial charge in [-0.25, -0.2) is 4.39 Å². The van der Waals surface area contributed by atoms with E-state index in [1.807, 2.05) is 13.2 Å². The average Bonchev–Trinajstić information content (AvgIpc) is 2.75. The molecule has 2 rings (SSSR count). The summed E-state index contributed by atoms with van der Waals surface area (Å²) in [5.41, 5.74) is 7.99. The number of benzene rings is 1. The summed E-state index contributed by atoms with van der Waals surface area (Å²) in [6.45, 7) is 0. The number of nitrogens with two attached hydrogens (primary N) is 1. The van der Waals surface area contributed by atoms with Crippen LogP contribution in [0.4, 0.5) is 4.39 Å². The Morgan fingerprint density at radius 2 is 2.28 bits per heavy atom. The molecule has 5 heteroatoms. The maximum Gasteiger partial charge on any atom is 0.165 e. The first-order chi connectivity index (χ1) is 8.60. The molecule has 0 fully saturated rings. The van der Waals surface area contributed by atoms with E-state index in [9.17, 15) is 4.39 Å². The standard InChI is InChI=1S/C13H16FN3O/c1-17-8-9(7-16-17)5-12(15)10-3-4-11(14)13(6-10)18-2/h3-4,6-8,12H,5,15H2,1-2H3. The second-order valence-electron chi connectivity index (χ2n) is 4.23. The van der Waals surface area contributed by atoms with Crippen molar-refractivity contribution < 1.29 is 9.13 Å². The zero-order valence-corrected chi connectivity index (χ0v) is 10.4. The second-order valence-corrected chi connectivity index (χ2v) is 4.23. The summed E-state index contributed by atoms with van der Waals surface area (Å²) in [7, 11) is 3.30. The van der Waals surface area contributed by atoms with Gasteiger partial charge < -0.3 is 10.5 Å². The van der Waals surface area contributed by atoms with Crippen molar-refractivity contribution in [1.82, 2.24) is 9.78 Å². The lowest BCUT2D eigenvalue weighted by Gasteiger charge is -2.12. The molecule has 18 heavy (non-hydrogen) atoms. The molecule has 4 nitrogen and oxygen atoms in total. The van der Waals surface area contributed by atoms with Crippen LogP contribution < -0.4 is 10.5 Å². The van der Waals surface area contributed by atoms with Gasteiger partial charge in [0.2, 0.25) is 0 Å². The van der Waals surface area contributed by atoms with Crippen molar-refractivity contribution in [2.75, 3.05) is 7.11 Å². The number of rotatable bonds is 4. The third-order valence-electron chi connectivity index (χ3n) is 2.82. The number of hydrogen-bond acceptors (Lipinski definition) is 3. The molecule has 0 spiro atoms. The monoisotopic (exact) mass is 249 g/mol. The van der Waals surface area contributed by atoms with E-state index in [1.165, 1.54) is 13.2 Å². The van der Waals surface area contributed by atoms with Crippen LogP contribution in [0.25, 0.3) is 0 Å². The molecule has 2 aromatic rings. The molecule has 0 saturated heterocycles. The fraction of sp³-hybridized carbons (Fsp3) is 0.308. The molecule has 0 aliphatic heterocycles. The molecular weight excluding hydrogens is 233 g/mol. The van der Waals surface area contributed by atoms with Gasteiger partial charge >= 0.3 is 0 Å². The summed E-state index contributed by atoms with van der Waals surface area (Å²) in [5, 5.41) is 4.09. The van der Waals surface area contributed by atoms with E-state index in [0.717, 1.165) is 11.1 Å². The van der Waals surface area contributed by atoms with Crippen molar-refractivity contribution in [3.05, 3.63) is 47.5 Å². The first-order valence-corrected chi connectivity index (χ1v) is 5.66. The van der Waals surface area contributed by atoms with E-state index in [2.05, 4.69) is 5.10 Å². The molecule has 0 saturated carbocycles. The summed E-state index contributed by atoms with van der Waals surface area (Å²) in [6.07, 6.45) is 4.35. The van der Waals surface area contributed by atoms with E-state index in [1.54, 1.807) is 23.0 Å². The summed E-state index contributed by atoms with van der Waals surface area (Å²) in [5.74, 6) is -0.163. The van der Waals surface area contributed by atoms with E-state index in [4.69, 9.17) is 10.5 Å². The Morgan fingerprint density at radius 3 is 2.89 bits per heavy atom. The van der Waals surface area contributed by atoms with Crippen molar-refractivity contribution >= 4 is 0 Å². The van der Waals surface area contributed by atoms with Crippen LogP contribution in [-0.4, -0.2) is 16.9 Å². The van der Waals surface area contributed by atoms with Gasteiger partial charge in [-0.3, -0.25) is 4.68 Å². The first-order valence-electron chi connectivity index (χ1n) is 5.66. The Hall–Kier alpha value is -1.88. The van der Waals surface area contributed by atoms with Gasteiger partial charge in [-0.15, -0.1) is 0 Å². The van der Waals surface area contributed by atoms with E-state index in [-0.39, 0.29) is 17.6 Å². The lowest BCUT2D eigenvalue weighted by atomic mass is 10.0. The van der Waals surface area contributed by atoms with Crippen molar-refractivity contribution in [1.29, 1.82) is 0 Å². The van der Waals surface area contributed by atoms with Crippen molar-refractivity contribution in [3.63, 3.8) is 0 Å². The smallest absolute Gasteiger partial charge is 0.165 e. The van der Waals surface area contributed by atoms with Crippen LogP contribution in [0.2, 0.25) is 0 Å². The molecule has 0 bridgehead atoms. The van der Waals surface area contributed by atoms with Crippen LogP contribution in [0.15, 0.2) is 30.6 Å². The van der Waals surface area contributed by atoms with Crippen LogP contribution in [-0.2, 0) is 13.5 Å². The van der Waals surface area contributed by atoms with Crippen LogP contribution in [0.1, 0.15) is 17.2 Å². The van der Waals surface area contributed by atoms with E-state index >= 15 is 0 Å². The predicted octanol–water partition coefficient (Wildman–Crippen LogP) is 1.81. The molecule has 1 atom stereocenters. The zero-order valence-electron chi connectivity index (χ0n) is 10.4. The van der Waals surface area contributed by atoms with E-state index < -0.39 is 0 Å². The van der Waals surface area contributed by atoms with Gasteiger partial charge in [-0.05, 0) is 29.7 Å². The van der Waals surface area contributed by atoms with E-state index in [0.29, 0.717) is 6.42 Å². The molecule has 1 aromatic carbocycles. The average molecular weight is 249 g/mol. The van der Waals surface area contributed by atoms with Crippen LogP contribution in [0, 0.1) is 5.82 Å². The third kappa shape index (κ3) is 2.68. The molecule has 1 aromatic heterocycles. The van der Waals surface area contributed by atoms with Gasteiger partial charge in [0.15, 0.2) is 11.6 Å². The summed E-state index contributed by atoms with van der Waals surface area (Å²) >= 11 is 0. The van der Waals surface area contributed by atoms with Crippen LogP contribution in [0.5, 0.6) is 5.75 Å². The third-order valence-corrected chi connectivity index (χ3v) is 2.82. The number of ether oxygens (including phenoxy) is 1. The Balaban J connectivity index is 2.15. The second kappa shape index (κ2) is 5.18. The highest BCUT2D eigenvalue weighted by Gasteiger charge is 2.11. The number of halogens is 1. The van der Waals surface area contributed by atoms with Gasteiger partial charge in [-0.2, -0.15) is 5.10 Å². The molecule has 1 heterocycles. The molecular formula is C13H16FN3O. The predicted molar refractivity (Wildman–Crippen MR) is 66.8 cm³/mol. The van der Waals surface area contributed by atoms with Crippen molar-refractivity contribution in [2.24, 2.45) is 12.8 Å². The number of aromatic nitrogens is 2. The molecule has 0 radical (unpaired) electrons. The summed E-state index contributed by atoms with van der Waals surface area (Å²) in [4.78, 5) is 0. The van der Waals surface area contributed by atoms with Crippen LogP contribution >= 0.6 is 0 Å². The highest BCUT2D eigenvalue weighted by molar-refractivity contribution is 5.32. The van der Waals surface area contributed by atoms with Gasteiger partial charge in [0, 0.05) is 19.3 Å². The van der Waals surface area contributed by atoms with Gasteiger partial charge in [-0.1, -0.05) is 6.07 Å². The molecule has 2 N–H and O–H groups in total. The minimum atomic E-state index is -0.380. The largest absolute Gasteiger partial charge is 0.494 e. The lowest BCUT2D eigenvalue weighted by molar-refractivity contribution is 0.385. The summed E-state index contributed by atoms with van der Waals surface area (Å²) < 4.78 is 20.0. The summed E-state index contributed by atoms with van der Waals surface area (Å²) in [6, 6.07) is 4.48. The Kier molecular flexibility index (Phi) is 3.62. The molecule has 0 aliphatic carbocycles. The van der Waals surface area contributed by atoms with Gasteiger partial charge in [0.05, 0.1) is 13.3 Å². The lowest BCUT2D eigenvalue weighted by Crippen LogP contribution is -2.13. The Morgan fingerprint density at radius 1 is 1.50 bits per heavy atom. The van der Waals surface area contributed by atoms with Crippen molar-refractivity contribution in [3.8, 4) is 5.75 Å². The fourth-order valence-corrected chi connectivity index (χ4v) is 1.86. The number of methoxy groups -OCH3 is 1. The quantitative estimate of drug-likeness (QED) is 0.899. The molecule has 96 valence electrons. The number of aryl methyl sites for hydroxylation is 1. The van der Waals surface area contributed by atoms with Crippen molar-refractivity contribution in [2.45, 2.75) is 12.5 Å². The molecule has 1 unspecified atom stereocenters. The maximum atomic E-state index is 13.3. The molecule has 0 aliphatic rings. The molecule has 0 amide bonds. The van der Waals surface area contributed by atoms with Crippen LogP contribution in [0.3, 0.4) is 0 Å². The SMILES string of the molecule is COc1cc(C(N)Cc2cnn(C)c2)ccc1F. The highest BCUT2D eigenvalue weighted by Crippen LogP contribution is 2.23. The number of hydrogen-bond donors (Lipinski definition) is 1. The zero-order chi connectivity index (χ0) is 13.1. The maximum absolute atomic E-state index is 13.3. The highest BCUT2D eigenvalue weighted by atomic mass is 19.1. The minimum absolute atomic E-state index is 0.205. The number of nitrogens with zero attached hydrogens (tertiary/aromatic N) is 2. The Labute approximate surface area is 105 Å².